The number of hydrazone groups is 1. The number of ether oxygens (including phenoxy) is 1. The summed E-state index contributed by atoms with van der Waals surface area (Å²) in [6.07, 6.45) is 1.66. The maximum Gasteiger partial charge on any atom is 0.283 e. The van der Waals surface area contributed by atoms with Gasteiger partial charge in [-0.15, -0.1) is 0 Å². The second kappa shape index (κ2) is 8.80. The molecule has 2 aromatic rings. The first kappa shape index (κ1) is 21.5. The van der Waals surface area contributed by atoms with Crippen molar-refractivity contribution in [2.45, 2.75) is 27.4 Å². The Bertz CT molecular complexity index is 1170. The molecule has 4 rings (SSSR count). The number of hydrogen-bond donors (Lipinski definition) is 1. The molecule has 31 heavy (non-hydrogen) atoms. The number of halogens is 1. The molecule has 0 unspecified atom stereocenters. The van der Waals surface area contributed by atoms with Gasteiger partial charge in [0.25, 0.3) is 5.91 Å². The van der Waals surface area contributed by atoms with Crippen LogP contribution in [0, 0.1) is 18.3 Å². The number of fused-ring (bicyclic) bond motifs is 1. The van der Waals surface area contributed by atoms with Gasteiger partial charge in [-0.05, 0) is 69.5 Å². The molecule has 0 bridgehead atoms. The molecule has 2 aliphatic rings. The lowest BCUT2D eigenvalue weighted by Crippen LogP contribution is -2.35. The Morgan fingerprint density at radius 3 is 2.74 bits per heavy atom. The Morgan fingerprint density at radius 2 is 2.03 bits per heavy atom. The number of amidine groups is 2. The average Bonchev–Trinajstić information content (AvgIpc) is 3.16. The van der Waals surface area contributed by atoms with Gasteiger partial charge in [0.05, 0.1) is 10.0 Å². The van der Waals surface area contributed by atoms with E-state index in [1.807, 2.05) is 50.2 Å². The number of nitrogens with zero attached hydrogens (tertiary/aromatic N) is 3. The van der Waals surface area contributed by atoms with Crippen LogP contribution in [0.15, 0.2) is 62.6 Å². The fourth-order valence-corrected chi connectivity index (χ4v) is 4.46. The quantitative estimate of drug-likeness (QED) is 0.545. The number of aliphatic imine (C=N–C) groups is 1. The first-order valence-corrected chi connectivity index (χ1v) is 11.4. The van der Waals surface area contributed by atoms with Crippen LogP contribution in [0.5, 0.6) is 5.75 Å². The van der Waals surface area contributed by atoms with Crippen LogP contribution < -0.4 is 4.74 Å². The summed E-state index contributed by atoms with van der Waals surface area (Å²) in [5.41, 5.74) is 3.28. The van der Waals surface area contributed by atoms with E-state index in [1.165, 1.54) is 22.3 Å². The van der Waals surface area contributed by atoms with Crippen LogP contribution in [0.4, 0.5) is 0 Å². The molecule has 0 radical (unpaired) electrons. The molecule has 1 N–H and O–H groups in total. The second-order valence-electron chi connectivity index (χ2n) is 7.52. The van der Waals surface area contributed by atoms with Crippen LogP contribution in [0.1, 0.15) is 30.5 Å². The van der Waals surface area contributed by atoms with Gasteiger partial charge in [-0.3, -0.25) is 10.2 Å². The molecule has 2 heterocycles. The Labute approximate surface area is 193 Å². The lowest BCUT2D eigenvalue weighted by Gasteiger charge is -2.20. The van der Waals surface area contributed by atoms with Gasteiger partial charge in [0.15, 0.2) is 5.84 Å². The molecule has 0 fully saturated rings. The number of nitrogens with one attached hydrogen (secondary N) is 1. The number of amides is 1. The zero-order valence-corrected chi connectivity index (χ0v) is 19.8. The van der Waals surface area contributed by atoms with E-state index < -0.39 is 5.91 Å². The number of hydrogen-bond acceptors (Lipinski definition) is 5. The normalized spacial score (nSPS) is 17.2. The summed E-state index contributed by atoms with van der Waals surface area (Å²) in [7, 11) is 0. The van der Waals surface area contributed by atoms with Gasteiger partial charge in [-0.1, -0.05) is 44.2 Å². The van der Waals surface area contributed by atoms with Crippen LogP contribution in [-0.4, -0.2) is 27.0 Å². The smallest absolute Gasteiger partial charge is 0.283 e. The van der Waals surface area contributed by atoms with Crippen molar-refractivity contribution in [1.29, 1.82) is 5.41 Å². The first-order valence-electron chi connectivity index (χ1n) is 9.80. The summed E-state index contributed by atoms with van der Waals surface area (Å²) in [5.74, 6) is 0.517. The van der Waals surface area contributed by atoms with Gasteiger partial charge in [-0.25, -0.2) is 0 Å². The maximum atomic E-state index is 12.5. The minimum Gasteiger partial charge on any atom is -0.488 e. The Morgan fingerprint density at radius 1 is 1.26 bits per heavy atom. The SMILES string of the molecule is Cc1ccccc1COc1ccc(C=C2C(=N)N3N=C(C(C)C)SC3=NC2=O)cc1Br. The van der Waals surface area contributed by atoms with Crippen molar-refractivity contribution < 1.29 is 9.53 Å². The largest absolute Gasteiger partial charge is 0.488 e. The van der Waals surface area contributed by atoms with Gasteiger partial charge in [-0.2, -0.15) is 15.1 Å². The summed E-state index contributed by atoms with van der Waals surface area (Å²) < 4.78 is 6.72. The lowest BCUT2D eigenvalue weighted by molar-refractivity contribution is -0.114. The van der Waals surface area contributed by atoms with Crippen molar-refractivity contribution in [3.8, 4) is 5.75 Å². The van der Waals surface area contributed by atoms with Gasteiger partial charge in [0.2, 0.25) is 5.17 Å². The molecule has 6 nitrogen and oxygen atoms in total. The van der Waals surface area contributed by atoms with Crippen molar-refractivity contribution in [3.05, 3.63) is 69.2 Å². The predicted octanol–water partition coefficient (Wildman–Crippen LogP) is 5.61. The molecule has 0 aliphatic carbocycles. The number of carbonyl (C=O) groups is 1. The molecule has 0 saturated carbocycles. The van der Waals surface area contributed by atoms with Gasteiger partial charge >= 0.3 is 0 Å². The fourth-order valence-electron chi connectivity index (χ4n) is 3.06. The molecule has 0 saturated heterocycles. The maximum absolute atomic E-state index is 12.5. The predicted molar refractivity (Wildman–Crippen MR) is 130 cm³/mol. The second-order valence-corrected chi connectivity index (χ2v) is 9.36. The van der Waals surface area contributed by atoms with Crippen molar-refractivity contribution in [2.75, 3.05) is 0 Å². The summed E-state index contributed by atoms with van der Waals surface area (Å²) >= 11 is 4.89. The molecule has 0 aromatic heterocycles. The Balaban J connectivity index is 1.54. The third-order valence-electron chi connectivity index (χ3n) is 4.88. The van der Waals surface area contributed by atoms with Crippen LogP contribution in [0.2, 0.25) is 0 Å². The number of benzene rings is 2. The molecular weight excluding hydrogens is 476 g/mol. The lowest BCUT2D eigenvalue weighted by atomic mass is 10.1. The molecule has 1 amide bonds. The van der Waals surface area contributed by atoms with Crippen molar-refractivity contribution >= 4 is 55.7 Å². The Kier molecular flexibility index (Phi) is 6.11. The molecule has 0 atom stereocenters. The van der Waals surface area contributed by atoms with E-state index in [9.17, 15) is 4.79 Å². The van der Waals surface area contributed by atoms with Gasteiger partial charge in [0, 0.05) is 5.92 Å². The highest BCUT2D eigenvalue weighted by atomic mass is 79.9. The van der Waals surface area contributed by atoms with Crippen LogP contribution in [-0.2, 0) is 11.4 Å². The minimum atomic E-state index is -0.431. The van der Waals surface area contributed by atoms with Gasteiger partial charge < -0.3 is 4.74 Å². The first-order chi connectivity index (χ1) is 14.8. The van der Waals surface area contributed by atoms with Crippen molar-refractivity contribution in [1.82, 2.24) is 5.01 Å². The van der Waals surface area contributed by atoms with E-state index in [-0.39, 0.29) is 17.3 Å². The Hall–Kier alpha value is -2.71. The van der Waals surface area contributed by atoms with E-state index >= 15 is 0 Å². The van der Waals surface area contributed by atoms with Crippen LogP contribution in [0.3, 0.4) is 0 Å². The number of thioether (sulfide) groups is 1. The van der Waals surface area contributed by atoms with E-state index in [0.29, 0.717) is 17.5 Å². The summed E-state index contributed by atoms with van der Waals surface area (Å²) in [5, 5.41) is 15.6. The standard InChI is InChI=1S/C23H21BrN4O2S/c1-13(2)22-27-28-20(25)17(21(29)26-23(28)31-22)10-15-8-9-19(18(24)11-15)30-12-16-7-5-4-6-14(16)3/h4-11,13,25H,12H2,1-3H3. The highest BCUT2D eigenvalue weighted by molar-refractivity contribution is 9.10. The number of carbonyl (C=O) groups excluding carboxylic acids is 1. The third kappa shape index (κ3) is 4.50. The topological polar surface area (TPSA) is 78.1 Å². The molecular formula is C23H21BrN4O2S. The summed E-state index contributed by atoms with van der Waals surface area (Å²) in [4.78, 5) is 16.7. The summed E-state index contributed by atoms with van der Waals surface area (Å²) in [6.45, 7) is 6.57. The number of aryl methyl sites for hydroxylation is 1. The van der Waals surface area contributed by atoms with Crippen LogP contribution in [0.25, 0.3) is 6.08 Å². The highest BCUT2D eigenvalue weighted by Gasteiger charge is 2.36. The molecule has 158 valence electrons. The van der Waals surface area contributed by atoms with Crippen molar-refractivity contribution in [2.24, 2.45) is 16.0 Å². The van der Waals surface area contributed by atoms with E-state index in [4.69, 9.17) is 10.1 Å². The van der Waals surface area contributed by atoms with Crippen molar-refractivity contribution in [3.63, 3.8) is 0 Å². The highest BCUT2D eigenvalue weighted by Crippen LogP contribution is 2.32. The molecule has 2 aromatic carbocycles. The average molecular weight is 497 g/mol. The van der Waals surface area contributed by atoms with E-state index in [2.05, 4.69) is 39.0 Å². The van der Waals surface area contributed by atoms with Crippen LogP contribution >= 0.6 is 27.7 Å². The molecule has 8 heteroatoms. The number of rotatable bonds is 5. The molecule has 2 aliphatic heterocycles. The minimum absolute atomic E-state index is 0.0363. The zero-order valence-electron chi connectivity index (χ0n) is 17.3. The zero-order chi connectivity index (χ0) is 22.1. The summed E-state index contributed by atoms with van der Waals surface area (Å²) in [6, 6.07) is 13.7. The third-order valence-corrected chi connectivity index (χ3v) is 6.70. The van der Waals surface area contributed by atoms with E-state index in [1.54, 1.807) is 6.08 Å². The fraction of sp³-hybridized carbons (Fsp3) is 0.217. The van der Waals surface area contributed by atoms with E-state index in [0.717, 1.165) is 20.6 Å². The monoisotopic (exact) mass is 496 g/mol. The van der Waals surface area contributed by atoms with Gasteiger partial charge in [0.1, 0.15) is 17.4 Å². The molecule has 0 spiro atoms.